The van der Waals surface area contributed by atoms with Gasteiger partial charge >= 0.3 is 5.97 Å². The number of carbonyl (C=O) groups is 2. The first kappa shape index (κ1) is 26.3. The van der Waals surface area contributed by atoms with Gasteiger partial charge in [-0.15, -0.1) is 11.3 Å². The lowest BCUT2D eigenvalue weighted by Crippen LogP contribution is -2.50. The van der Waals surface area contributed by atoms with Crippen LogP contribution in [0, 0.1) is 0 Å². The number of ether oxygens (including phenoxy) is 1. The summed E-state index contributed by atoms with van der Waals surface area (Å²) in [4.78, 5) is 27.6. The SMILES string of the molecule is CCOC(=O)c1c(-c2ccccc2)csc1NC(=O)CN1CCN(S(=O)(=O)c2ccc(Cl)cc2)CC1. The fraction of sp³-hybridized carbons (Fsp3) is 0.280. The lowest BCUT2D eigenvalue weighted by molar-refractivity contribution is -0.117. The fourth-order valence-electron chi connectivity index (χ4n) is 3.94. The molecule has 0 radical (unpaired) electrons. The number of esters is 1. The number of hydrogen-bond donors (Lipinski definition) is 1. The average molecular weight is 548 g/mol. The fourth-order valence-corrected chi connectivity index (χ4v) is 6.46. The minimum atomic E-state index is -3.63. The summed E-state index contributed by atoms with van der Waals surface area (Å²) in [5.74, 6) is -0.773. The molecular formula is C25H26ClN3O5S2. The van der Waals surface area contributed by atoms with E-state index >= 15 is 0 Å². The summed E-state index contributed by atoms with van der Waals surface area (Å²) >= 11 is 7.14. The second kappa shape index (κ2) is 11.5. The number of amides is 1. The molecule has 1 amide bonds. The Balaban J connectivity index is 1.40. The van der Waals surface area contributed by atoms with E-state index in [1.807, 2.05) is 40.6 Å². The lowest BCUT2D eigenvalue weighted by Gasteiger charge is -2.33. The minimum absolute atomic E-state index is 0.0790. The van der Waals surface area contributed by atoms with E-state index in [4.69, 9.17) is 16.3 Å². The normalized spacial score (nSPS) is 14.9. The van der Waals surface area contributed by atoms with E-state index in [1.54, 1.807) is 19.1 Å². The van der Waals surface area contributed by atoms with Crippen molar-refractivity contribution in [3.63, 3.8) is 0 Å². The van der Waals surface area contributed by atoms with Gasteiger partial charge in [-0.1, -0.05) is 41.9 Å². The van der Waals surface area contributed by atoms with Gasteiger partial charge in [0.2, 0.25) is 15.9 Å². The van der Waals surface area contributed by atoms with Gasteiger partial charge in [0.1, 0.15) is 10.6 Å². The highest BCUT2D eigenvalue weighted by Gasteiger charge is 2.29. The topological polar surface area (TPSA) is 96.0 Å². The van der Waals surface area contributed by atoms with Crippen LogP contribution in [0.1, 0.15) is 17.3 Å². The van der Waals surface area contributed by atoms with Crippen LogP contribution in [-0.4, -0.2) is 68.8 Å². The number of sulfonamides is 1. The third-order valence-corrected chi connectivity index (χ3v) is 8.82. The van der Waals surface area contributed by atoms with Gasteiger partial charge in [0, 0.05) is 42.1 Å². The number of rotatable bonds is 8. The molecule has 1 fully saturated rings. The second-order valence-corrected chi connectivity index (χ2v) is 11.4. The van der Waals surface area contributed by atoms with Crippen molar-refractivity contribution in [1.29, 1.82) is 0 Å². The largest absolute Gasteiger partial charge is 0.462 e. The van der Waals surface area contributed by atoms with Gasteiger partial charge in [0.25, 0.3) is 0 Å². The molecule has 1 aliphatic rings. The Morgan fingerprint density at radius 2 is 1.69 bits per heavy atom. The highest BCUT2D eigenvalue weighted by molar-refractivity contribution is 7.89. The van der Waals surface area contributed by atoms with Gasteiger partial charge in [-0.25, -0.2) is 13.2 Å². The van der Waals surface area contributed by atoms with Crippen molar-refractivity contribution in [3.05, 3.63) is 70.6 Å². The van der Waals surface area contributed by atoms with Gasteiger partial charge in [-0.2, -0.15) is 4.31 Å². The Hall–Kier alpha value is -2.76. The summed E-state index contributed by atoms with van der Waals surface area (Å²) in [5, 5.41) is 5.59. The zero-order valence-electron chi connectivity index (χ0n) is 19.6. The molecule has 3 aromatic rings. The van der Waals surface area contributed by atoms with Crippen molar-refractivity contribution >= 4 is 49.8 Å². The smallest absolute Gasteiger partial charge is 0.341 e. The van der Waals surface area contributed by atoms with Crippen molar-refractivity contribution in [1.82, 2.24) is 9.21 Å². The third-order valence-electron chi connectivity index (χ3n) is 5.76. The predicted octanol–water partition coefficient (Wildman–Crippen LogP) is 4.19. The van der Waals surface area contributed by atoms with Crippen LogP contribution in [0.3, 0.4) is 0 Å². The number of hydrogen-bond acceptors (Lipinski definition) is 7. The summed E-state index contributed by atoms with van der Waals surface area (Å²) in [7, 11) is -3.63. The Labute approximate surface area is 219 Å². The number of anilines is 1. The molecule has 2 aromatic carbocycles. The van der Waals surface area contributed by atoms with Crippen LogP contribution < -0.4 is 5.32 Å². The molecule has 4 rings (SSSR count). The molecule has 1 aromatic heterocycles. The van der Waals surface area contributed by atoms with E-state index in [0.29, 0.717) is 34.2 Å². The summed E-state index contributed by atoms with van der Waals surface area (Å²) in [5.41, 5.74) is 1.89. The maximum Gasteiger partial charge on any atom is 0.341 e. The first-order valence-electron chi connectivity index (χ1n) is 11.4. The van der Waals surface area contributed by atoms with Crippen LogP contribution in [0.15, 0.2) is 64.9 Å². The lowest BCUT2D eigenvalue weighted by atomic mass is 10.0. The minimum Gasteiger partial charge on any atom is -0.462 e. The monoisotopic (exact) mass is 547 g/mol. The summed E-state index contributed by atoms with van der Waals surface area (Å²) in [6.45, 7) is 3.38. The number of thiophene rings is 1. The van der Waals surface area contributed by atoms with Crippen LogP contribution >= 0.6 is 22.9 Å². The van der Waals surface area contributed by atoms with E-state index in [1.165, 1.54) is 27.8 Å². The van der Waals surface area contributed by atoms with Gasteiger partial charge in [0.15, 0.2) is 0 Å². The maximum atomic E-state index is 12.9. The zero-order chi connectivity index (χ0) is 25.7. The number of nitrogens with one attached hydrogen (secondary N) is 1. The summed E-state index contributed by atoms with van der Waals surface area (Å²) < 4.78 is 32.4. The maximum absolute atomic E-state index is 12.9. The molecule has 1 saturated heterocycles. The molecule has 36 heavy (non-hydrogen) atoms. The molecule has 1 N–H and O–H groups in total. The van der Waals surface area contributed by atoms with Gasteiger partial charge in [-0.05, 0) is 36.8 Å². The van der Waals surface area contributed by atoms with Gasteiger partial charge in [0.05, 0.1) is 18.0 Å². The highest BCUT2D eigenvalue weighted by atomic mass is 35.5. The molecular weight excluding hydrogens is 522 g/mol. The van der Waals surface area contributed by atoms with Crippen LogP contribution in [0.5, 0.6) is 0 Å². The van der Waals surface area contributed by atoms with E-state index < -0.39 is 16.0 Å². The Morgan fingerprint density at radius 1 is 1.03 bits per heavy atom. The zero-order valence-corrected chi connectivity index (χ0v) is 22.0. The van der Waals surface area contributed by atoms with Crippen molar-refractivity contribution in [2.24, 2.45) is 0 Å². The molecule has 2 heterocycles. The molecule has 0 unspecified atom stereocenters. The molecule has 0 aliphatic carbocycles. The Morgan fingerprint density at radius 3 is 2.33 bits per heavy atom. The van der Waals surface area contributed by atoms with E-state index in [-0.39, 0.29) is 37.0 Å². The van der Waals surface area contributed by atoms with Crippen molar-refractivity contribution in [3.8, 4) is 11.1 Å². The number of piperazine rings is 1. The molecule has 11 heteroatoms. The predicted molar refractivity (Wildman–Crippen MR) is 141 cm³/mol. The average Bonchev–Trinajstić information content (AvgIpc) is 3.29. The van der Waals surface area contributed by atoms with E-state index in [2.05, 4.69) is 5.32 Å². The summed E-state index contributed by atoms with van der Waals surface area (Å²) in [6.07, 6.45) is 0. The number of halogens is 1. The quantitative estimate of drug-likeness (QED) is 0.425. The Kier molecular flexibility index (Phi) is 8.43. The van der Waals surface area contributed by atoms with Crippen LogP contribution in [0.4, 0.5) is 5.00 Å². The first-order valence-corrected chi connectivity index (χ1v) is 14.1. The molecule has 0 atom stereocenters. The Bertz CT molecular complexity index is 1320. The van der Waals surface area contributed by atoms with Crippen molar-refractivity contribution in [2.75, 3.05) is 44.6 Å². The molecule has 0 bridgehead atoms. The molecule has 8 nitrogen and oxygen atoms in total. The summed E-state index contributed by atoms with van der Waals surface area (Å²) in [6, 6.07) is 15.5. The first-order chi connectivity index (χ1) is 17.3. The number of carbonyl (C=O) groups excluding carboxylic acids is 2. The number of benzene rings is 2. The van der Waals surface area contributed by atoms with Crippen molar-refractivity contribution in [2.45, 2.75) is 11.8 Å². The van der Waals surface area contributed by atoms with Gasteiger partial charge < -0.3 is 10.1 Å². The molecule has 0 saturated carbocycles. The van der Waals surface area contributed by atoms with E-state index in [9.17, 15) is 18.0 Å². The molecule has 1 aliphatic heterocycles. The standard InChI is InChI=1S/C25H26ClN3O5S2/c1-2-34-25(31)23-21(18-6-4-3-5-7-18)17-35-24(23)27-22(30)16-28-12-14-29(15-13-28)36(32,33)20-10-8-19(26)9-11-20/h3-11,17H,2,12-16H2,1H3,(H,27,30). The molecule has 0 spiro atoms. The highest BCUT2D eigenvalue weighted by Crippen LogP contribution is 2.36. The van der Waals surface area contributed by atoms with Crippen LogP contribution in [-0.2, 0) is 19.6 Å². The van der Waals surface area contributed by atoms with Crippen molar-refractivity contribution < 1.29 is 22.7 Å². The van der Waals surface area contributed by atoms with Gasteiger partial charge in [-0.3, -0.25) is 9.69 Å². The molecule has 190 valence electrons. The number of nitrogens with zero attached hydrogens (tertiary/aromatic N) is 2. The third kappa shape index (κ3) is 5.96. The van der Waals surface area contributed by atoms with Crippen LogP contribution in [0.25, 0.3) is 11.1 Å². The van der Waals surface area contributed by atoms with E-state index in [0.717, 1.165) is 5.56 Å². The second-order valence-electron chi connectivity index (χ2n) is 8.12. The van der Waals surface area contributed by atoms with Crippen LogP contribution in [0.2, 0.25) is 5.02 Å².